The fourth-order valence-corrected chi connectivity index (χ4v) is 4.08. The maximum Gasteiger partial charge on any atom is 0.253 e. The lowest BCUT2D eigenvalue weighted by Gasteiger charge is -2.33. The van der Waals surface area contributed by atoms with Gasteiger partial charge in [0, 0.05) is 35.2 Å². The first-order valence-electron chi connectivity index (χ1n) is 8.79. The van der Waals surface area contributed by atoms with Crippen LogP contribution in [0.25, 0.3) is 0 Å². The first-order chi connectivity index (χ1) is 12.0. The Morgan fingerprint density at radius 2 is 1.88 bits per heavy atom. The van der Waals surface area contributed by atoms with Crippen LogP contribution in [-0.4, -0.2) is 48.9 Å². The first-order valence-corrected chi connectivity index (χ1v) is 9.55. The van der Waals surface area contributed by atoms with Gasteiger partial charge in [0.05, 0.1) is 6.04 Å². The van der Waals surface area contributed by atoms with Gasteiger partial charge in [-0.25, -0.2) is 0 Å². The molecule has 1 aromatic carbocycles. The van der Waals surface area contributed by atoms with E-state index in [1.165, 1.54) is 0 Å². The molecule has 2 heterocycles. The summed E-state index contributed by atoms with van der Waals surface area (Å²) in [5.41, 5.74) is 0.511. The SMILES string of the molecule is Cl.O=C(NCC1CCCN(C(=O)c2cc(Cl)cc(Cl)c2)C1)C1CCCN1. The summed E-state index contributed by atoms with van der Waals surface area (Å²) >= 11 is 12.0. The summed E-state index contributed by atoms with van der Waals surface area (Å²) in [5, 5.41) is 7.15. The number of nitrogens with zero attached hydrogens (tertiary/aromatic N) is 1. The van der Waals surface area contributed by atoms with Crippen LogP contribution in [-0.2, 0) is 4.79 Å². The van der Waals surface area contributed by atoms with Gasteiger partial charge in [-0.2, -0.15) is 0 Å². The summed E-state index contributed by atoms with van der Waals surface area (Å²) in [6.45, 7) is 2.88. The summed E-state index contributed by atoms with van der Waals surface area (Å²) in [6.07, 6.45) is 3.89. The predicted octanol–water partition coefficient (Wildman–Crippen LogP) is 3.14. The number of carbonyl (C=O) groups is 2. The van der Waals surface area contributed by atoms with E-state index in [1.807, 2.05) is 4.90 Å². The number of nitrogens with one attached hydrogen (secondary N) is 2. The molecule has 2 saturated heterocycles. The lowest BCUT2D eigenvalue weighted by Crippen LogP contribution is -2.46. The number of hydrogen-bond acceptors (Lipinski definition) is 3. The number of rotatable bonds is 4. The Kier molecular flexibility index (Phi) is 8.02. The Labute approximate surface area is 170 Å². The number of benzene rings is 1. The van der Waals surface area contributed by atoms with E-state index in [2.05, 4.69) is 10.6 Å². The third kappa shape index (κ3) is 5.49. The van der Waals surface area contributed by atoms with Crippen molar-refractivity contribution in [2.24, 2.45) is 5.92 Å². The second-order valence-electron chi connectivity index (χ2n) is 6.81. The quantitative estimate of drug-likeness (QED) is 0.786. The minimum absolute atomic E-state index is 0. The molecule has 5 nitrogen and oxygen atoms in total. The van der Waals surface area contributed by atoms with Crippen molar-refractivity contribution in [2.75, 3.05) is 26.2 Å². The van der Waals surface area contributed by atoms with Gasteiger partial charge in [-0.3, -0.25) is 9.59 Å². The molecule has 0 radical (unpaired) electrons. The molecule has 2 atom stereocenters. The predicted molar refractivity (Wildman–Crippen MR) is 106 cm³/mol. The highest BCUT2D eigenvalue weighted by atomic mass is 35.5. The Morgan fingerprint density at radius 1 is 1.15 bits per heavy atom. The molecule has 0 saturated carbocycles. The Hall–Kier alpha value is -1.01. The number of halogens is 3. The highest BCUT2D eigenvalue weighted by molar-refractivity contribution is 6.35. The van der Waals surface area contributed by atoms with E-state index in [0.717, 1.165) is 38.8 Å². The van der Waals surface area contributed by atoms with E-state index in [-0.39, 0.29) is 36.2 Å². The minimum atomic E-state index is -0.0603. The van der Waals surface area contributed by atoms with E-state index in [0.29, 0.717) is 28.7 Å². The highest BCUT2D eigenvalue weighted by Crippen LogP contribution is 2.23. The molecule has 2 amide bonds. The Morgan fingerprint density at radius 3 is 2.54 bits per heavy atom. The Bertz CT molecular complexity index is 630. The van der Waals surface area contributed by atoms with E-state index in [1.54, 1.807) is 18.2 Å². The van der Waals surface area contributed by atoms with Gasteiger partial charge >= 0.3 is 0 Å². The van der Waals surface area contributed by atoms with Crippen LogP contribution in [0, 0.1) is 5.92 Å². The summed E-state index contributed by atoms with van der Waals surface area (Å²) in [5.74, 6) is 0.290. The molecular formula is C18H24Cl3N3O2. The van der Waals surface area contributed by atoms with Crippen molar-refractivity contribution in [2.45, 2.75) is 31.7 Å². The number of hydrogen-bond donors (Lipinski definition) is 2. The summed E-state index contributed by atoms with van der Waals surface area (Å²) in [7, 11) is 0. The molecule has 144 valence electrons. The lowest BCUT2D eigenvalue weighted by molar-refractivity contribution is -0.123. The molecule has 0 aliphatic carbocycles. The molecule has 2 N–H and O–H groups in total. The van der Waals surface area contributed by atoms with Gasteiger partial charge in [0.25, 0.3) is 5.91 Å². The summed E-state index contributed by atoms with van der Waals surface area (Å²) in [4.78, 5) is 26.7. The van der Waals surface area contributed by atoms with E-state index < -0.39 is 0 Å². The summed E-state index contributed by atoms with van der Waals surface area (Å²) < 4.78 is 0. The molecule has 2 aliphatic heterocycles. The molecule has 0 aromatic heterocycles. The maximum absolute atomic E-state index is 12.7. The third-order valence-corrected chi connectivity index (χ3v) is 5.29. The van der Waals surface area contributed by atoms with Gasteiger partial charge in [0.2, 0.25) is 5.91 Å². The fraction of sp³-hybridized carbons (Fsp3) is 0.556. The molecular weight excluding hydrogens is 397 g/mol. The zero-order chi connectivity index (χ0) is 17.8. The van der Waals surface area contributed by atoms with E-state index in [9.17, 15) is 9.59 Å². The van der Waals surface area contributed by atoms with Gasteiger partial charge in [-0.05, 0) is 56.3 Å². The average Bonchev–Trinajstić information content (AvgIpc) is 3.13. The third-order valence-electron chi connectivity index (χ3n) is 4.86. The van der Waals surface area contributed by atoms with Crippen molar-refractivity contribution in [3.63, 3.8) is 0 Å². The van der Waals surface area contributed by atoms with Crippen LogP contribution in [0.5, 0.6) is 0 Å². The molecule has 2 aliphatic rings. The van der Waals surface area contributed by atoms with E-state index in [4.69, 9.17) is 23.2 Å². The first kappa shape index (κ1) is 21.3. The molecule has 2 unspecified atom stereocenters. The normalized spacial score (nSPS) is 22.6. The molecule has 8 heteroatoms. The second-order valence-corrected chi connectivity index (χ2v) is 7.68. The van der Waals surface area contributed by atoms with Crippen LogP contribution in [0.1, 0.15) is 36.0 Å². The van der Waals surface area contributed by atoms with Crippen molar-refractivity contribution in [3.8, 4) is 0 Å². The largest absolute Gasteiger partial charge is 0.354 e. The zero-order valence-corrected chi connectivity index (χ0v) is 16.8. The lowest BCUT2D eigenvalue weighted by atomic mass is 9.97. The molecule has 0 bridgehead atoms. The van der Waals surface area contributed by atoms with Gasteiger partial charge in [0.15, 0.2) is 0 Å². The number of carbonyl (C=O) groups excluding carboxylic acids is 2. The molecule has 26 heavy (non-hydrogen) atoms. The van der Waals surface area contributed by atoms with Crippen LogP contribution >= 0.6 is 35.6 Å². The van der Waals surface area contributed by atoms with Crippen LogP contribution in [0.4, 0.5) is 0 Å². The fourth-order valence-electron chi connectivity index (χ4n) is 3.55. The topological polar surface area (TPSA) is 61.4 Å². The number of likely N-dealkylation sites (tertiary alicyclic amines) is 1. The average molecular weight is 421 g/mol. The van der Waals surface area contributed by atoms with Crippen molar-refractivity contribution >= 4 is 47.4 Å². The Balaban J connectivity index is 0.00000243. The zero-order valence-electron chi connectivity index (χ0n) is 14.5. The molecule has 3 rings (SSSR count). The van der Waals surface area contributed by atoms with Crippen molar-refractivity contribution in [1.82, 2.24) is 15.5 Å². The smallest absolute Gasteiger partial charge is 0.253 e. The van der Waals surface area contributed by atoms with Crippen LogP contribution in [0.2, 0.25) is 10.0 Å². The van der Waals surface area contributed by atoms with Crippen LogP contribution in [0.3, 0.4) is 0 Å². The van der Waals surface area contributed by atoms with Gasteiger partial charge in [-0.1, -0.05) is 23.2 Å². The van der Waals surface area contributed by atoms with Gasteiger partial charge in [-0.15, -0.1) is 12.4 Å². The van der Waals surface area contributed by atoms with Crippen LogP contribution < -0.4 is 10.6 Å². The van der Waals surface area contributed by atoms with E-state index >= 15 is 0 Å². The number of piperidine rings is 1. The standard InChI is InChI=1S/C18H23Cl2N3O2.ClH/c19-14-7-13(8-15(20)9-14)18(25)23-6-2-3-12(11-23)10-22-17(24)16-4-1-5-21-16;/h7-9,12,16,21H,1-6,10-11H2,(H,22,24);1H. The van der Waals surface area contributed by atoms with Gasteiger partial charge in [0.1, 0.15) is 0 Å². The molecule has 1 aromatic rings. The maximum atomic E-state index is 12.7. The van der Waals surface area contributed by atoms with Crippen molar-refractivity contribution in [3.05, 3.63) is 33.8 Å². The monoisotopic (exact) mass is 419 g/mol. The minimum Gasteiger partial charge on any atom is -0.354 e. The van der Waals surface area contributed by atoms with Crippen molar-refractivity contribution < 1.29 is 9.59 Å². The second kappa shape index (κ2) is 9.79. The molecule has 2 fully saturated rings. The molecule has 0 spiro atoms. The highest BCUT2D eigenvalue weighted by Gasteiger charge is 2.27. The number of amides is 2. The van der Waals surface area contributed by atoms with Gasteiger partial charge < -0.3 is 15.5 Å². The summed E-state index contributed by atoms with van der Waals surface area (Å²) in [6, 6.07) is 4.85. The van der Waals surface area contributed by atoms with Crippen molar-refractivity contribution in [1.29, 1.82) is 0 Å². The van der Waals surface area contributed by atoms with Crippen LogP contribution in [0.15, 0.2) is 18.2 Å².